The average molecular weight is 329 g/mol. The normalized spacial score (nSPS) is 13.7. The summed E-state index contributed by atoms with van der Waals surface area (Å²) in [6.45, 7) is 4.51. The van der Waals surface area contributed by atoms with Crippen molar-refractivity contribution in [3.05, 3.63) is 28.2 Å². The fourth-order valence-electron chi connectivity index (χ4n) is 2.09. The lowest BCUT2D eigenvalue weighted by Gasteiger charge is -2.40. The smallest absolute Gasteiger partial charge is 0.133 e. The van der Waals surface area contributed by atoms with Crippen LogP contribution < -0.4 is 10.1 Å². The highest BCUT2D eigenvalue weighted by Crippen LogP contribution is 2.27. The summed E-state index contributed by atoms with van der Waals surface area (Å²) in [6.07, 6.45) is 0.976. The first kappa shape index (κ1) is 16.5. The number of methoxy groups -OCH3 is 1. The maximum absolute atomic E-state index is 5.27. The second kappa shape index (κ2) is 6.73. The second-order valence-corrected chi connectivity index (χ2v) is 6.42. The molecule has 1 aromatic rings. The van der Waals surface area contributed by atoms with E-state index in [9.17, 15) is 0 Å². The molecule has 0 bridgehead atoms. The van der Waals surface area contributed by atoms with Gasteiger partial charge in [-0.3, -0.25) is 0 Å². The molecule has 1 rings (SSSR count). The monoisotopic (exact) mass is 328 g/mol. The Morgan fingerprint density at radius 3 is 2.42 bits per heavy atom. The summed E-state index contributed by atoms with van der Waals surface area (Å²) in [5, 5.41) is 3.43. The largest absolute Gasteiger partial charge is 0.496 e. The molecule has 1 N–H and O–H groups in total. The fourth-order valence-corrected chi connectivity index (χ4v) is 2.68. The van der Waals surface area contributed by atoms with E-state index in [0.29, 0.717) is 6.04 Å². The Kier molecular flexibility index (Phi) is 5.83. The molecular formula is C15H25BrN2O. The van der Waals surface area contributed by atoms with Crippen LogP contribution in [-0.2, 0) is 6.42 Å². The molecule has 0 aliphatic carbocycles. The van der Waals surface area contributed by atoms with Crippen LogP contribution in [0.1, 0.15) is 19.4 Å². The number of hydrogen-bond acceptors (Lipinski definition) is 3. The molecule has 0 fully saturated rings. The number of hydrogen-bond donors (Lipinski definition) is 1. The first-order valence-corrected chi connectivity index (χ1v) is 7.29. The van der Waals surface area contributed by atoms with Gasteiger partial charge in [0.15, 0.2) is 0 Å². The molecule has 0 spiro atoms. The summed E-state index contributed by atoms with van der Waals surface area (Å²) in [5.41, 5.74) is 1.38. The molecular weight excluding hydrogens is 304 g/mol. The van der Waals surface area contributed by atoms with Crippen LogP contribution in [-0.4, -0.2) is 44.7 Å². The molecule has 0 saturated heterocycles. The van der Waals surface area contributed by atoms with Crippen molar-refractivity contribution in [2.45, 2.75) is 31.8 Å². The topological polar surface area (TPSA) is 24.5 Å². The van der Waals surface area contributed by atoms with Gasteiger partial charge < -0.3 is 15.0 Å². The molecule has 4 heteroatoms. The number of ether oxygens (including phenoxy) is 1. The maximum Gasteiger partial charge on any atom is 0.133 e. The summed E-state index contributed by atoms with van der Waals surface area (Å²) in [7, 11) is 7.95. The van der Waals surface area contributed by atoms with Gasteiger partial charge >= 0.3 is 0 Å². The van der Waals surface area contributed by atoms with Gasteiger partial charge in [0.1, 0.15) is 5.75 Å². The van der Waals surface area contributed by atoms with E-state index in [1.165, 1.54) is 5.56 Å². The Balaban J connectivity index is 2.90. The Morgan fingerprint density at radius 1 is 1.37 bits per heavy atom. The lowest BCUT2D eigenvalue weighted by molar-refractivity contribution is 0.141. The van der Waals surface area contributed by atoms with Crippen molar-refractivity contribution in [1.29, 1.82) is 0 Å². The molecule has 0 radical (unpaired) electrons. The van der Waals surface area contributed by atoms with E-state index in [2.05, 4.69) is 66.2 Å². The zero-order valence-electron chi connectivity index (χ0n) is 12.7. The van der Waals surface area contributed by atoms with Crippen LogP contribution in [0.4, 0.5) is 0 Å². The predicted molar refractivity (Wildman–Crippen MR) is 85.0 cm³/mol. The van der Waals surface area contributed by atoms with Gasteiger partial charge in [-0.1, -0.05) is 6.07 Å². The van der Waals surface area contributed by atoms with Crippen LogP contribution >= 0.6 is 15.9 Å². The lowest BCUT2D eigenvalue weighted by Crippen LogP contribution is -2.55. The van der Waals surface area contributed by atoms with Crippen molar-refractivity contribution in [2.24, 2.45) is 0 Å². The Labute approximate surface area is 125 Å². The zero-order chi connectivity index (χ0) is 14.6. The minimum atomic E-state index is 0.0845. The van der Waals surface area contributed by atoms with Crippen molar-refractivity contribution in [1.82, 2.24) is 10.2 Å². The number of benzene rings is 1. The van der Waals surface area contributed by atoms with Gasteiger partial charge in [0.2, 0.25) is 0 Å². The van der Waals surface area contributed by atoms with Gasteiger partial charge in [0.05, 0.1) is 11.6 Å². The van der Waals surface area contributed by atoms with E-state index in [1.807, 2.05) is 13.1 Å². The summed E-state index contributed by atoms with van der Waals surface area (Å²) in [6, 6.07) is 6.64. The average Bonchev–Trinajstić information content (AvgIpc) is 2.35. The number of rotatable bonds is 6. The SMILES string of the molecule is CNC(Cc1ccc(OC)c(Br)c1)C(C)(C)N(C)C. The highest BCUT2D eigenvalue weighted by molar-refractivity contribution is 9.10. The number of nitrogens with zero attached hydrogens (tertiary/aromatic N) is 1. The molecule has 1 aromatic carbocycles. The first-order valence-electron chi connectivity index (χ1n) is 6.50. The summed E-state index contributed by atoms with van der Waals surface area (Å²) in [4.78, 5) is 2.26. The van der Waals surface area contributed by atoms with Crippen LogP contribution in [0.5, 0.6) is 5.75 Å². The predicted octanol–water partition coefficient (Wildman–Crippen LogP) is 2.93. The van der Waals surface area contributed by atoms with E-state index in [1.54, 1.807) is 7.11 Å². The fraction of sp³-hybridized carbons (Fsp3) is 0.600. The van der Waals surface area contributed by atoms with Crippen LogP contribution in [0.2, 0.25) is 0 Å². The third kappa shape index (κ3) is 3.94. The van der Waals surface area contributed by atoms with Crippen molar-refractivity contribution < 1.29 is 4.74 Å². The van der Waals surface area contributed by atoms with Crippen LogP contribution in [0, 0.1) is 0 Å². The van der Waals surface area contributed by atoms with Crippen molar-refractivity contribution in [3.8, 4) is 5.75 Å². The van der Waals surface area contributed by atoms with Gasteiger partial charge in [0.25, 0.3) is 0 Å². The molecule has 0 aliphatic heterocycles. The van der Waals surface area contributed by atoms with E-state index in [0.717, 1.165) is 16.6 Å². The zero-order valence-corrected chi connectivity index (χ0v) is 14.3. The number of halogens is 1. The molecule has 0 aliphatic rings. The molecule has 3 nitrogen and oxygen atoms in total. The minimum Gasteiger partial charge on any atom is -0.496 e. The van der Waals surface area contributed by atoms with Gasteiger partial charge in [-0.2, -0.15) is 0 Å². The molecule has 19 heavy (non-hydrogen) atoms. The summed E-state index contributed by atoms with van der Waals surface area (Å²) < 4.78 is 6.27. The minimum absolute atomic E-state index is 0.0845. The molecule has 1 atom stereocenters. The van der Waals surface area contributed by atoms with E-state index in [-0.39, 0.29) is 5.54 Å². The highest BCUT2D eigenvalue weighted by Gasteiger charge is 2.30. The number of likely N-dealkylation sites (N-methyl/N-ethyl adjacent to an activating group) is 2. The molecule has 108 valence electrons. The third-order valence-electron chi connectivity index (χ3n) is 4.01. The van der Waals surface area contributed by atoms with E-state index >= 15 is 0 Å². The number of nitrogens with one attached hydrogen (secondary N) is 1. The molecule has 0 amide bonds. The van der Waals surface area contributed by atoms with Gasteiger partial charge in [-0.15, -0.1) is 0 Å². The standard InChI is InChI=1S/C15H25BrN2O/c1-15(2,18(4)5)14(17-3)10-11-7-8-13(19-6)12(16)9-11/h7-9,14,17H,10H2,1-6H3. The van der Waals surface area contributed by atoms with Gasteiger partial charge in [-0.25, -0.2) is 0 Å². The van der Waals surface area contributed by atoms with Crippen LogP contribution in [0.15, 0.2) is 22.7 Å². The van der Waals surface area contributed by atoms with Crippen molar-refractivity contribution in [2.75, 3.05) is 28.3 Å². The lowest BCUT2D eigenvalue weighted by atomic mass is 9.88. The molecule has 0 saturated carbocycles. The van der Waals surface area contributed by atoms with Gasteiger partial charge in [-0.05, 0) is 75.0 Å². The first-order chi connectivity index (χ1) is 8.82. The van der Waals surface area contributed by atoms with Gasteiger partial charge in [0, 0.05) is 11.6 Å². The summed E-state index contributed by atoms with van der Waals surface area (Å²) in [5.74, 6) is 0.872. The van der Waals surface area contributed by atoms with Crippen molar-refractivity contribution in [3.63, 3.8) is 0 Å². The quantitative estimate of drug-likeness (QED) is 0.868. The van der Waals surface area contributed by atoms with E-state index < -0.39 is 0 Å². The van der Waals surface area contributed by atoms with Crippen LogP contribution in [0.25, 0.3) is 0 Å². The molecule has 0 aromatic heterocycles. The van der Waals surface area contributed by atoms with Crippen LogP contribution in [0.3, 0.4) is 0 Å². The van der Waals surface area contributed by atoms with Crippen molar-refractivity contribution >= 4 is 15.9 Å². The maximum atomic E-state index is 5.27. The Hall–Kier alpha value is -0.580. The Bertz CT molecular complexity index is 419. The highest BCUT2D eigenvalue weighted by atomic mass is 79.9. The third-order valence-corrected chi connectivity index (χ3v) is 4.63. The van der Waals surface area contributed by atoms with E-state index in [4.69, 9.17) is 4.74 Å². The molecule has 0 heterocycles. The molecule has 1 unspecified atom stereocenters. The second-order valence-electron chi connectivity index (χ2n) is 5.56. The summed E-state index contributed by atoms with van der Waals surface area (Å²) >= 11 is 3.54. The Morgan fingerprint density at radius 2 is 2.00 bits per heavy atom.